The molecule has 0 saturated carbocycles. The Bertz CT molecular complexity index is 1000. The van der Waals surface area contributed by atoms with Crippen molar-refractivity contribution in [2.24, 2.45) is 0 Å². The van der Waals surface area contributed by atoms with Gasteiger partial charge in [-0.1, -0.05) is 47.5 Å². The van der Waals surface area contributed by atoms with Crippen LogP contribution in [0.2, 0.25) is 10.0 Å². The molecule has 8 heteroatoms. The molecule has 2 aromatic rings. The number of nitrogens with one attached hydrogen (secondary N) is 2. The fourth-order valence-electron chi connectivity index (χ4n) is 3.12. The number of carbonyl (C=O) groups excluding carboxylic acids is 2. The normalized spacial score (nSPS) is 16.2. The number of hydrogen-bond donors (Lipinski definition) is 2. The summed E-state index contributed by atoms with van der Waals surface area (Å²) in [6.07, 6.45) is -0.297. The average molecular weight is 449 g/mol. The second-order valence-electron chi connectivity index (χ2n) is 7.09. The number of urea groups is 1. The van der Waals surface area contributed by atoms with Crippen LogP contribution in [0.5, 0.6) is 5.75 Å². The van der Waals surface area contributed by atoms with Crippen molar-refractivity contribution in [1.82, 2.24) is 10.6 Å². The van der Waals surface area contributed by atoms with Crippen LogP contribution in [0.1, 0.15) is 37.9 Å². The number of esters is 1. The molecule has 1 unspecified atom stereocenters. The first-order valence-electron chi connectivity index (χ1n) is 9.41. The highest BCUT2D eigenvalue weighted by Crippen LogP contribution is 2.34. The van der Waals surface area contributed by atoms with Crippen LogP contribution >= 0.6 is 23.2 Å². The Hall–Kier alpha value is -2.70. The lowest BCUT2D eigenvalue weighted by atomic mass is 9.94. The molecule has 2 N–H and O–H groups in total. The van der Waals surface area contributed by atoms with Crippen molar-refractivity contribution >= 4 is 35.2 Å². The predicted octanol–water partition coefficient (Wildman–Crippen LogP) is 5.15. The van der Waals surface area contributed by atoms with Crippen LogP contribution in [-0.4, -0.2) is 18.1 Å². The van der Waals surface area contributed by atoms with Gasteiger partial charge in [0.2, 0.25) is 0 Å². The van der Waals surface area contributed by atoms with Gasteiger partial charge in [0.05, 0.1) is 17.7 Å². The number of benzene rings is 2. The molecule has 1 aliphatic rings. The Balaban J connectivity index is 1.93. The van der Waals surface area contributed by atoms with Gasteiger partial charge in [0.1, 0.15) is 12.4 Å². The smallest absolute Gasteiger partial charge is 0.338 e. The third-order valence-electron chi connectivity index (χ3n) is 4.46. The lowest BCUT2D eigenvalue weighted by Crippen LogP contribution is -2.45. The maximum atomic E-state index is 12.7. The van der Waals surface area contributed by atoms with Crippen molar-refractivity contribution in [1.29, 1.82) is 0 Å². The lowest BCUT2D eigenvalue weighted by Gasteiger charge is -2.29. The Morgan fingerprint density at radius 1 is 1.17 bits per heavy atom. The quantitative estimate of drug-likeness (QED) is 0.598. The maximum absolute atomic E-state index is 12.7. The molecule has 30 heavy (non-hydrogen) atoms. The topological polar surface area (TPSA) is 76.7 Å². The van der Waals surface area contributed by atoms with E-state index in [2.05, 4.69) is 10.6 Å². The number of para-hydroxylation sites is 1. The maximum Gasteiger partial charge on any atom is 0.338 e. The molecule has 2 aromatic carbocycles. The van der Waals surface area contributed by atoms with E-state index >= 15 is 0 Å². The second-order valence-corrected chi connectivity index (χ2v) is 7.93. The van der Waals surface area contributed by atoms with Gasteiger partial charge in [-0.25, -0.2) is 9.59 Å². The predicted molar refractivity (Wildman–Crippen MR) is 116 cm³/mol. The van der Waals surface area contributed by atoms with Crippen molar-refractivity contribution in [3.05, 3.63) is 74.9 Å². The number of hydrogen-bond acceptors (Lipinski definition) is 4. The molecular formula is C22H22Cl2N2O4. The second kappa shape index (κ2) is 9.41. The zero-order chi connectivity index (χ0) is 21.8. The van der Waals surface area contributed by atoms with Gasteiger partial charge in [-0.3, -0.25) is 0 Å². The van der Waals surface area contributed by atoms with E-state index in [0.29, 0.717) is 32.6 Å². The van der Waals surface area contributed by atoms with E-state index in [1.54, 1.807) is 51.1 Å². The van der Waals surface area contributed by atoms with Crippen molar-refractivity contribution in [2.45, 2.75) is 39.5 Å². The summed E-state index contributed by atoms with van der Waals surface area (Å²) in [4.78, 5) is 24.9. The van der Waals surface area contributed by atoms with E-state index in [1.807, 2.05) is 12.1 Å². The molecular weight excluding hydrogens is 427 g/mol. The van der Waals surface area contributed by atoms with Crippen molar-refractivity contribution < 1.29 is 19.1 Å². The Morgan fingerprint density at radius 3 is 2.60 bits per heavy atom. The van der Waals surface area contributed by atoms with Gasteiger partial charge < -0.3 is 20.1 Å². The van der Waals surface area contributed by atoms with Crippen LogP contribution in [0.4, 0.5) is 4.79 Å². The highest BCUT2D eigenvalue weighted by Gasteiger charge is 2.34. The highest BCUT2D eigenvalue weighted by molar-refractivity contribution is 6.35. The minimum absolute atomic E-state index is 0.195. The van der Waals surface area contributed by atoms with Crippen molar-refractivity contribution in [3.8, 4) is 5.75 Å². The first-order valence-corrected chi connectivity index (χ1v) is 10.2. The van der Waals surface area contributed by atoms with Gasteiger partial charge in [-0.2, -0.15) is 0 Å². The van der Waals surface area contributed by atoms with Gasteiger partial charge in [0.25, 0.3) is 0 Å². The zero-order valence-electron chi connectivity index (χ0n) is 16.8. The summed E-state index contributed by atoms with van der Waals surface area (Å²) in [5.74, 6) is 0.00825. The standard InChI is InChI=1S/C22H22Cl2N2O4/c1-12(2)30-21(27)19-13(3)25-22(28)26-20(19)16-6-4-5-7-18(16)29-11-14-8-9-15(23)10-17(14)24/h4-10,12,20H,11H2,1-3H3,(H2,25,26,28). The molecule has 1 aliphatic heterocycles. The number of amides is 2. The van der Waals surface area contributed by atoms with E-state index < -0.39 is 18.0 Å². The summed E-state index contributed by atoms with van der Waals surface area (Å²) >= 11 is 12.2. The van der Waals surface area contributed by atoms with E-state index in [0.717, 1.165) is 5.56 Å². The van der Waals surface area contributed by atoms with Crippen LogP contribution in [0.3, 0.4) is 0 Å². The summed E-state index contributed by atoms with van der Waals surface area (Å²) in [7, 11) is 0. The van der Waals surface area contributed by atoms with Gasteiger partial charge in [-0.05, 0) is 39.0 Å². The lowest BCUT2D eigenvalue weighted by molar-refractivity contribution is -0.143. The molecule has 6 nitrogen and oxygen atoms in total. The molecule has 1 heterocycles. The molecule has 3 rings (SSSR count). The zero-order valence-corrected chi connectivity index (χ0v) is 18.3. The van der Waals surface area contributed by atoms with Crippen molar-refractivity contribution in [3.63, 3.8) is 0 Å². The number of halogens is 2. The van der Waals surface area contributed by atoms with Crippen molar-refractivity contribution in [2.75, 3.05) is 0 Å². The summed E-state index contributed by atoms with van der Waals surface area (Å²) in [6, 6.07) is 11.2. The fourth-order valence-corrected chi connectivity index (χ4v) is 3.58. The third-order valence-corrected chi connectivity index (χ3v) is 5.05. The first-order chi connectivity index (χ1) is 14.3. The van der Waals surface area contributed by atoms with Crippen LogP contribution in [-0.2, 0) is 16.1 Å². The monoisotopic (exact) mass is 448 g/mol. The van der Waals surface area contributed by atoms with Crippen LogP contribution in [0.25, 0.3) is 0 Å². The van der Waals surface area contributed by atoms with Gasteiger partial charge in [-0.15, -0.1) is 0 Å². The van der Waals surface area contributed by atoms with Gasteiger partial charge >= 0.3 is 12.0 Å². The molecule has 0 bridgehead atoms. The number of rotatable bonds is 6. The average Bonchev–Trinajstić information content (AvgIpc) is 2.66. The SMILES string of the molecule is CC1=C(C(=O)OC(C)C)C(c2ccccc2OCc2ccc(Cl)cc2Cl)NC(=O)N1. The Morgan fingerprint density at radius 2 is 1.90 bits per heavy atom. The first kappa shape index (κ1) is 22.0. The summed E-state index contributed by atoms with van der Waals surface area (Å²) in [5, 5.41) is 6.45. The van der Waals surface area contributed by atoms with Crippen LogP contribution in [0, 0.1) is 0 Å². The van der Waals surface area contributed by atoms with E-state index in [-0.39, 0.29) is 12.7 Å². The molecule has 158 valence electrons. The highest BCUT2D eigenvalue weighted by atomic mass is 35.5. The van der Waals surface area contributed by atoms with Gasteiger partial charge in [0, 0.05) is 26.9 Å². The number of ether oxygens (including phenoxy) is 2. The van der Waals surface area contributed by atoms with Crippen LogP contribution < -0.4 is 15.4 Å². The molecule has 0 saturated heterocycles. The fraction of sp³-hybridized carbons (Fsp3) is 0.273. The molecule has 0 aromatic heterocycles. The molecule has 0 fully saturated rings. The third kappa shape index (κ3) is 5.07. The van der Waals surface area contributed by atoms with Gasteiger partial charge in [0.15, 0.2) is 0 Å². The number of allylic oxidation sites excluding steroid dienone is 1. The molecule has 1 atom stereocenters. The Labute approximate surface area is 185 Å². The van der Waals surface area contributed by atoms with E-state index in [9.17, 15) is 9.59 Å². The molecule has 0 radical (unpaired) electrons. The summed E-state index contributed by atoms with van der Waals surface area (Å²) < 4.78 is 11.4. The molecule has 0 spiro atoms. The summed E-state index contributed by atoms with van der Waals surface area (Å²) in [5.41, 5.74) is 2.15. The summed E-state index contributed by atoms with van der Waals surface area (Å²) in [6.45, 7) is 5.40. The minimum atomic E-state index is -0.720. The largest absolute Gasteiger partial charge is 0.488 e. The molecule has 2 amide bonds. The van der Waals surface area contributed by atoms with Crippen LogP contribution in [0.15, 0.2) is 53.7 Å². The van der Waals surface area contributed by atoms with E-state index in [1.165, 1.54) is 0 Å². The molecule has 0 aliphatic carbocycles. The minimum Gasteiger partial charge on any atom is -0.488 e. The number of carbonyl (C=O) groups is 2. The Kier molecular flexibility index (Phi) is 6.90. The van der Waals surface area contributed by atoms with E-state index in [4.69, 9.17) is 32.7 Å².